The van der Waals surface area contributed by atoms with Crippen molar-refractivity contribution in [3.05, 3.63) is 38.3 Å². The quantitative estimate of drug-likeness (QED) is 0.385. The third-order valence-corrected chi connectivity index (χ3v) is 1.23. The zero-order chi connectivity index (χ0) is 9.14. The average molecular weight is 168 g/mol. The van der Waals surface area contributed by atoms with Crippen LogP contribution >= 0.6 is 0 Å². The van der Waals surface area contributed by atoms with E-state index in [4.69, 9.17) is 0 Å². The average Bonchev–Trinajstić information content (AvgIpc) is 2.03. The van der Waals surface area contributed by atoms with Gasteiger partial charge in [-0.25, -0.2) is 0 Å². The van der Waals surface area contributed by atoms with E-state index in [1.807, 2.05) is 4.98 Å². The number of aldehydes is 1. The van der Waals surface area contributed by atoms with Crippen molar-refractivity contribution in [3.8, 4) is 0 Å². The first-order valence-corrected chi connectivity index (χ1v) is 2.98. The second-order valence-corrected chi connectivity index (χ2v) is 2.00. The topological polar surface area (TPSA) is 93.1 Å². The molecule has 0 aromatic carbocycles. The number of aromatic amines is 1. The van der Waals surface area contributed by atoms with Crippen LogP contribution in [0.3, 0.4) is 0 Å². The molecule has 0 fully saturated rings. The van der Waals surface area contributed by atoms with Crippen LogP contribution in [0.2, 0.25) is 0 Å². The molecule has 0 amide bonds. The van der Waals surface area contributed by atoms with E-state index in [0.717, 1.165) is 6.07 Å². The summed E-state index contributed by atoms with van der Waals surface area (Å²) >= 11 is 0. The zero-order valence-electron chi connectivity index (χ0n) is 5.81. The van der Waals surface area contributed by atoms with Crippen LogP contribution in [0.4, 0.5) is 5.69 Å². The number of carbonyl (C=O) groups excluding carboxylic acids is 1. The van der Waals surface area contributed by atoms with Crippen molar-refractivity contribution < 1.29 is 9.72 Å². The number of H-pyrrole nitrogens is 1. The van der Waals surface area contributed by atoms with Crippen molar-refractivity contribution in [2.24, 2.45) is 0 Å². The summed E-state index contributed by atoms with van der Waals surface area (Å²) in [4.78, 5) is 32.2. The molecule has 0 bridgehead atoms. The molecule has 1 heterocycles. The van der Waals surface area contributed by atoms with Crippen LogP contribution < -0.4 is 5.56 Å². The molecule has 0 aliphatic heterocycles. The summed E-state index contributed by atoms with van der Waals surface area (Å²) in [5, 5.41) is 10.1. The van der Waals surface area contributed by atoms with Crippen LogP contribution in [0, 0.1) is 10.1 Å². The van der Waals surface area contributed by atoms with Crippen LogP contribution in [0.1, 0.15) is 10.5 Å². The van der Waals surface area contributed by atoms with E-state index in [2.05, 4.69) is 0 Å². The number of nitrogens with zero attached hydrogens (tertiary/aromatic N) is 1. The molecule has 0 radical (unpaired) electrons. The van der Waals surface area contributed by atoms with Crippen molar-refractivity contribution in [3.63, 3.8) is 0 Å². The summed E-state index contributed by atoms with van der Waals surface area (Å²) in [7, 11) is 0. The molecule has 0 aliphatic rings. The van der Waals surface area contributed by atoms with Gasteiger partial charge in [-0.15, -0.1) is 0 Å². The molecule has 1 aromatic rings. The summed E-state index contributed by atoms with van der Waals surface area (Å²) in [6.45, 7) is 0. The highest BCUT2D eigenvalue weighted by atomic mass is 16.6. The van der Waals surface area contributed by atoms with Crippen LogP contribution in [0.15, 0.2) is 16.9 Å². The Morgan fingerprint density at radius 3 is 2.58 bits per heavy atom. The summed E-state index contributed by atoms with van der Waals surface area (Å²) in [5.41, 5.74) is -1.42. The molecular weight excluding hydrogens is 164 g/mol. The number of hydrogen-bond acceptors (Lipinski definition) is 4. The molecular formula is C6H4N2O4. The minimum absolute atomic E-state index is 0.0191. The highest BCUT2D eigenvalue weighted by Gasteiger charge is 2.10. The van der Waals surface area contributed by atoms with Crippen molar-refractivity contribution in [2.75, 3.05) is 0 Å². The molecule has 6 nitrogen and oxygen atoms in total. The molecule has 0 saturated carbocycles. The molecule has 6 heteroatoms. The first kappa shape index (κ1) is 8.12. The van der Waals surface area contributed by atoms with Crippen LogP contribution in [0.5, 0.6) is 0 Å². The maximum Gasteiger partial charge on any atom is 0.333 e. The monoisotopic (exact) mass is 168 g/mol. The maximum atomic E-state index is 10.8. The van der Waals surface area contributed by atoms with Gasteiger partial charge in [0, 0.05) is 6.07 Å². The van der Waals surface area contributed by atoms with E-state index < -0.39 is 16.2 Å². The second kappa shape index (κ2) is 2.95. The summed E-state index contributed by atoms with van der Waals surface area (Å²) in [6.07, 6.45) is 0.408. The SMILES string of the molecule is O=Cc1ccc([N+](=O)[O-])c(=O)[nH]1. The molecule has 1 aromatic heterocycles. The van der Waals surface area contributed by atoms with Gasteiger partial charge in [0.15, 0.2) is 6.29 Å². The maximum absolute atomic E-state index is 10.8. The fourth-order valence-electron chi connectivity index (χ4n) is 0.694. The van der Waals surface area contributed by atoms with Gasteiger partial charge in [-0.3, -0.25) is 19.7 Å². The number of nitrogens with one attached hydrogen (secondary N) is 1. The minimum Gasteiger partial charge on any atom is -0.314 e. The van der Waals surface area contributed by atoms with Gasteiger partial charge in [0.2, 0.25) is 0 Å². The number of aromatic nitrogens is 1. The Balaban J connectivity index is 3.30. The van der Waals surface area contributed by atoms with E-state index >= 15 is 0 Å². The first-order valence-electron chi connectivity index (χ1n) is 2.98. The second-order valence-electron chi connectivity index (χ2n) is 2.00. The lowest BCUT2D eigenvalue weighted by Gasteiger charge is -1.90. The van der Waals surface area contributed by atoms with Gasteiger partial charge in [0.05, 0.1) is 10.6 Å². The van der Waals surface area contributed by atoms with E-state index in [1.54, 1.807) is 0 Å². The number of nitro groups is 1. The molecule has 12 heavy (non-hydrogen) atoms. The first-order chi connectivity index (χ1) is 5.65. The fourth-order valence-corrected chi connectivity index (χ4v) is 0.694. The molecule has 62 valence electrons. The fraction of sp³-hybridized carbons (Fsp3) is 0. The number of rotatable bonds is 2. The Bertz CT molecular complexity index is 381. The summed E-state index contributed by atoms with van der Waals surface area (Å²) in [5.74, 6) is 0. The van der Waals surface area contributed by atoms with Gasteiger partial charge in [0.25, 0.3) is 0 Å². The third-order valence-electron chi connectivity index (χ3n) is 1.23. The van der Waals surface area contributed by atoms with Gasteiger partial charge < -0.3 is 4.98 Å². The van der Waals surface area contributed by atoms with Gasteiger partial charge in [-0.2, -0.15) is 0 Å². The van der Waals surface area contributed by atoms with E-state index in [1.165, 1.54) is 6.07 Å². The van der Waals surface area contributed by atoms with Gasteiger partial charge >= 0.3 is 11.2 Å². The smallest absolute Gasteiger partial charge is 0.314 e. The standard InChI is InChI=1S/C6H4N2O4/c9-3-4-1-2-5(8(11)12)6(10)7-4/h1-3H,(H,7,10). The predicted octanol–water partition coefficient (Wildman–Crippen LogP) is 0.0956. The molecule has 0 unspecified atom stereocenters. The summed E-state index contributed by atoms with van der Waals surface area (Å²) in [6, 6.07) is 2.16. The molecule has 1 N–H and O–H groups in total. The largest absolute Gasteiger partial charge is 0.333 e. The van der Waals surface area contributed by atoms with Crippen molar-refractivity contribution >= 4 is 12.0 Å². The molecule has 0 saturated heterocycles. The number of pyridine rings is 1. The van der Waals surface area contributed by atoms with Crippen LogP contribution in [-0.2, 0) is 0 Å². The predicted molar refractivity (Wildman–Crippen MR) is 39.1 cm³/mol. The molecule has 1 rings (SSSR count). The Hall–Kier alpha value is -1.98. The Labute approximate surface area is 66.0 Å². The zero-order valence-corrected chi connectivity index (χ0v) is 5.81. The Kier molecular flexibility index (Phi) is 2.00. The van der Waals surface area contributed by atoms with Gasteiger partial charge in [-0.1, -0.05) is 0 Å². The van der Waals surface area contributed by atoms with Gasteiger partial charge in [-0.05, 0) is 6.07 Å². The van der Waals surface area contributed by atoms with Crippen molar-refractivity contribution in [1.82, 2.24) is 4.98 Å². The molecule has 0 aliphatic carbocycles. The molecule has 0 atom stereocenters. The normalized spacial score (nSPS) is 9.33. The van der Waals surface area contributed by atoms with Crippen molar-refractivity contribution in [2.45, 2.75) is 0 Å². The highest BCUT2D eigenvalue weighted by Crippen LogP contribution is 2.00. The van der Waals surface area contributed by atoms with E-state index in [-0.39, 0.29) is 5.69 Å². The van der Waals surface area contributed by atoms with E-state index in [9.17, 15) is 19.7 Å². The summed E-state index contributed by atoms with van der Waals surface area (Å²) < 4.78 is 0. The van der Waals surface area contributed by atoms with E-state index in [0.29, 0.717) is 6.29 Å². The van der Waals surface area contributed by atoms with Crippen LogP contribution in [-0.4, -0.2) is 16.2 Å². The lowest BCUT2D eigenvalue weighted by atomic mass is 10.3. The van der Waals surface area contributed by atoms with Crippen molar-refractivity contribution in [1.29, 1.82) is 0 Å². The third kappa shape index (κ3) is 1.36. The number of carbonyl (C=O) groups is 1. The molecule has 0 spiro atoms. The lowest BCUT2D eigenvalue weighted by molar-refractivity contribution is -0.386. The lowest BCUT2D eigenvalue weighted by Crippen LogP contribution is -2.12. The van der Waals surface area contributed by atoms with Crippen LogP contribution in [0.25, 0.3) is 0 Å². The Morgan fingerprint density at radius 1 is 1.50 bits per heavy atom. The Morgan fingerprint density at radius 2 is 2.17 bits per heavy atom. The number of hydrogen-bond donors (Lipinski definition) is 1. The highest BCUT2D eigenvalue weighted by molar-refractivity contribution is 5.71. The van der Waals surface area contributed by atoms with Gasteiger partial charge in [0.1, 0.15) is 0 Å². The minimum atomic E-state index is -0.871.